The quantitative estimate of drug-likeness (QED) is 0.331. The maximum Gasteiger partial charge on any atom is 0.419 e. The number of nitrogens with one attached hydrogen (secondary N) is 1. The minimum atomic E-state index is -0.354. The molecule has 2 aromatic carbocycles. The van der Waals surface area contributed by atoms with Crippen LogP contribution in [0.5, 0.6) is 0 Å². The van der Waals surface area contributed by atoms with Gasteiger partial charge in [-0.05, 0) is 117 Å². The maximum atomic E-state index is 14.4. The van der Waals surface area contributed by atoms with Gasteiger partial charge in [0, 0.05) is 49.1 Å². The fourth-order valence-corrected chi connectivity index (χ4v) is 11.9. The molecule has 8 heteroatoms. The van der Waals surface area contributed by atoms with Gasteiger partial charge in [0.15, 0.2) is 0 Å². The van der Waals surface area contributed by atoms with E-state index in [1.807, 2.05) is 43.3 Å². The number of hydrogen-bond donors (Lipinski definition) is 1. The van der Waals surface area contributed by atoms with E-state index >= 15 is 0 Å². The summed E-state index contributed by atoms with van der Waals surface area (Å²) < 4.78 is 6.48. The number of allylic oxidation sites excluding steroid dienone is 1. The molecule has 2 aromatic rings. The van der Waals surface area contributed by atoms with Crippen LogP contribution in [0, 0.1) is 34.0 Å². The minimum absolute atomic E-state index is 0.157. The summed E-state index contributed by atoms with van der Waals surface area (Å²) in [7, 11) is 0. The number of amides is 1. The van der Waals surface area contributed by atoms with E-state index < -0.39 is 0 Å². The van der Waals surface area contributed by atoms with E-state index in [1.165, 1.54) is 31.3 Å². The Morgan fingerprint density at radius 1 is 1.00 bits per heavy atom. The van der Waals surface area contributed by atoms with E-state index in [0.29, 0.717) is 39.4 Å². The SMILES string of the molecule is CC(=O)C1CCC2C3CC=C4CC(OC(=O)N5c6ccc(Cl)cc6N=C(N6CCNCC6)c6ccccc65)CCC45CC35CCC12C. The smallest absolute Gasteiger partial charge is 0.419 e. The number of ketones is 1. The van der Waals surface area contributed by atoms with Crippen LogP contribution in [0.3, 0.4) is 0 Å². The Labute approximate surface area is 282 Å². The van der Waals surface area contributed by atoms with Gasteiger partial charge in [0.25, 0.3) is 0 Å². The fraction of sp³-hybridized carbons (Fsp3) is 0.564. The van der Waals surface area contributed by atoms with Gasteiger partial charge in [-0.1, -0.05) is 42.3 Å². The van der Waals surface area contributed by atoms with E-state index in [4.69, 9.17) is 21.3 Å². The average molecular weight is 653 g/mol. The highest BCUT2D eigenvalue weighted by atomic mass is 35.5. The molecule has 0 bridgehead atoms. The number of fused-ring (bicyclic) bond motifs is 4. The molecule has 1 N–H and O–H groups in total. The molecule has 0 aromatic heterocycles. The van der Waals surface area contributed by atoms with Crippen molar-refractivity contribution in [3.8, 4) is 0 Å². The third kappa shape index (κ3) is 4.30. The molecule has 5 fully saturated rings. The molecule has 4 saturated carbocycles. The van der Waals surface area contributed by atoms with Gasteiger partial charge in [0.2, 0.25) is 0 Å². The Morgan fingerprint density at radius 2 is 1.83 bits per heavy atom. The average Bonchev–Trinajstić information content (AvgIpc) is 3.65. The van der Waals surface area contributed by atoms with Crippen LogP contribution in [0.2, 0.25) is 5.02 Å². The van der Waals surface area contributed by atoms with Crippen LogP contribution in [0.15, 0.2) is 59.1 Å². The van der Waals surface area contributed by atoms with E-state index in [9.17, 15) is 9.59 Å². The van der Waals surface area contributed by atoms with Gasteiger partial charge in [0.1, 0.15) is 17.7 Å². The summed E-state index contributed by atoms with van der Waals surface area (Å²) in [5.41, 5.74) is 5.44. The zero-order chi connectivity index (χ0) is 32.1. The zero-order valence-electron chi connectivity index (χ0n) is 27.6. The third-order valence-electron chi connectivity index (χ3n) is 13.9. The number of halogens is 1. The molecular formula is C39H45ClN4O3. The molecular weight excluding hydrogens is 608 g/mol. The molecule has 7 unspecified atom stereocenters. The van der Waals surface area contributed by atoms with Gasteiger partial charge >= 0.3 is 6.09 Å². The molecule has 1 saturated heterocycles. The van der Waals surface area contributed by atoms with Crippen molar-refractivity contribution >= 4 is 46.4 Å². The highest BCUT2D eigenvalue weighted by Crippen LogP contribution is 2.84. The lowest BCUT2D eigenvalue weighted by atomic mass is 9.51. The van der Waals surface area contributed by atoms with E-state index in [1.54, 1.807) is 4.90 Å². The molecule has 7 atom stereocenters. The number of piperazine rings is 1. The van der Waals surface area contributed by atoms with Crippen LogP contribution in [0.25, 0.3) is 0 Å². The summed E-state index contributed by atoms with van der Waals surface area (Å²) in [6.45, 7) is 7.70. The zero-order valence-corrected chi connectivity index (χ0v) is 28.3. The Morgan fingerprint density at radius 3 is 2.66 bits per heavy atom. The second-order valence-electron chi connectivity index (χ2n) is 15.7. The highest BCUT2D eigenvalue weighted by Gasteiger charge is 2.76. The van der Waals surface area contributed by atoms with Crippen molar-refractivity contribution in [3.05, 3.63) is 64.7 Å². The molecule has 9 rings (SSSR count). The lowest BCUT2D eigenvalue weighted by Crippen LogP contribution is -2.47. The summed E-state index contributed by atoms with van der Waals surface area (Å²) in [5, 5.41) is 4.02. The number of para-hydroxylation sites is 1. The summed E-state index contributed by atoms with van der Waals surface area (Å²) in [5.74, 6) is 2.85. The van der Waals surface area contributed by atoms with Gasteiger partial charge in [-0.3, -0.25) is 4.79 Å². The molecule has 2 spiro atoms. The molecule has 47 heavy (non-hydrogen) atoms. The molecule has 246 valence electrons. The molecule has 2 aliphatic heterocycles. The largest absolute Gasteiger partial charge is 0.445 e. The minimum Gasteiger partial charge on any atom is -0.445 e. The molecule has 2 heterocycles. The third-order valence-corrected chi connectivity index (χ3v) is 14.1. The first kappa shape index (κ1) is 29.9. The molecule has 7 nitrogen and oxygen atoms in total. The summed E-state index contributed by atoms with van der Waals surface area (Å²) in [4.78, 5) is 36.2. The number of carbonyl (C=O) groups excluding carboxylic acids is 2. The van der Waals surface area contributed by atoms with E-state index in [2.05, 4.69) is 29.3 Å². The van der Waals surface area contributed by atoms with Crippen molar-refractivity contribution in [2.24, 2.45) is 39.0 Å². The van der Waals surface area contributed by atoms with E-state index in [0.717, 1.165) is 75.4 Å². The van der Waals surface area contributed by atoms with Gasteiger partial charge in [-0.25, -0.2) is 14.7 Å². The van der Waals surface area contributed by atoms with Gasteiger partial charge in [-0.15, -0.1) is 0 Å². The number of rotatable bonds is 2. The summed E-state index contributed by atoms with van der Waals surface area (Å²) in [6.07, 6.45) is 11.9. The Balaban J connectivity index is 0.988. The van der Waals surface area contributed by atoms with Crippen LogP contribution in [0.4, 0.5) is 21.9 Å². The van der Waals surface area contributed by atoms with Crippen LogP contribution in [0.1, 0.15) is 77.2 Å². The second-order valence-corrected chi connectivity index (χ2v) is 16.2. The van der Waals surface area contributed by atoms with E-state index in [-0.39, 0.29) is 28.9 Å². The van der Waals surface area contributed by atoms with Gasteiger partial charge in [0.05, 0.1) is 17.1 Å². The first-order chi connectivity index (χ1) is 22.7. The van der Waals surface area contributed by atoms with Crippen molar-refractivity contribution in [2.75, 3.05) is 31.1 Å². The Kier molecular flexibility index (Phi) is 6.80. The molecule has 1 amide bonds. The molecule has 5 aliphatic carbocycles. The fourth-order valence-electron chi connectivity index (χ4n) is 11.7. The van der Waals surface area contributed by atoms with Crippen LogP contribution < -0.4 is 10.2 Å². The summed E-state index contributed by atoms with van der Waals surface area (Å²) in [6, 6.07) is 13.6. The van der Waals surface area contributed by atoms with Crippen molar-refractivity contribution in [3.63, 3.8) is 0 Å². The lowest BCUT2D eigenvalue weighted by Gasteiger charge is -2.53. The number of nitrogens with zero attached hydrogens (tertiary/aromatic N) is 3. The van der Waals surface area contributed by atoms with Crippen molar-refractivity contribution in [2.45, 2.75) is 77.7 Å². The summed E-state index contributed by atoms with van der Waals surface area (Å²) >= 11 is 6.50. The highest BCUT2D eigenvalue weighted by molar-refractivity contribution is 6.31. The monoisotopic (exact) mass is 652 g/mol. The first-order valence-electron chi connectivity index (χ1n) is 17.9. The first-order valence-corrected chi connectivity index (χ1v) is 18.3. The Hall–Kier alpha value is -3.16. The Bertz CT molecular complexity index is 1730. The number of ether oxygens (including phenoxy) is 1. The number of anilines is 2. The predicted octanol–water partition coefficient (Wildman–Crippen LogP) is 8.20. The van der Waals surface area contributed by atoms with Crippen LogP contribution >= 0.6 is 11.6 Å². The molecule has 0 radical (unpaired) electrons. The van der Waals surface area contributed by atoms with Crippen LogP contribution in [-0.2, 0) is 9.53 Å². The van der Waals surface area contributed by atoms with Gasteiger partial charge in [-0.2, -0.15) is 0 Å². The predicted molar refractivity (Wildman–Crippen MR) is 185 cm³/mol. The lowest BCUT2D eigenvalue weighted by molar-refractivity contribution is -0.127. The number of benzene rings is 2. The van der Waals surface area contributed by atoms with Crippen molar-refractivity contribution in [1.82, 2.24) is 10.2 Å². The normalized spacial score (nSPS) is 36.7. The second kappa shape index (κ2) is 10.7. The number of aliphatic imine (C=N–C) groups is 1. The standard InChI is InChI=1S/C39H45ClN4O3/c1-24(45)29-10-11-30-31-9-7-25-21-27(13-14-38(25)23-39(31,38)16-15-37(29,30)2)47-36(46)44-33-6-4-3-5-28(33)35(43-19-17-41-18-20-43)42-32-22-26(40)8-12-34(32)44/h3-8,12,22,27,29-31,41H,9-11,13-21,23H2,1-2H3. The van der Waals surface area contributed by atoms with Gasteiger partial charge < -0.3 is 15.0 Å². The topological polar surface area (TPSA) is 74.2 Å². The number of Topliss-reactive ketones (excluding diaryl/α,β-unsaturated/α-hetero) is 1. The number of hydrogen-bond acceptors (Lipinski definition) is 6. The van der Waals surface area contributed by atoms with Crippen LogP contribution in [-0.4, -0.2) is 54.9 Å². The van der Waals surface area contributed by atoms with Crippen molar-refractivity contribution < 1.29 is 14.3 Å². The number of carbonyl (C=O) groups is 2. The van der Waals surface area contributed by atoms with Crippen molar-refractivity contribution in [1.29, 1.82) is 0 Å². The maximum absolute atomic E-state index is 14.4. The number of amidine groups is 1. The molecule has 7 aliphatic rings.